The molecule has 0 bridgehead atoms. The summed E-state index contributed by atoms with van der Waals surface area (Å²) in [6.07, 6.45) is -3.73. The summed E-state index contributed by atoms with van der Waals surface area (Å²) >= 11 is 5.58. The maximum atomic E-state index is 12.2. The molecule has 1 rings (SSSR count). The van der Waals surface area contributed by atoms with E-state index in [1.54, 1.807) is 6.92 Å². The van der Waals surface area contributed by atoms with Gasteiger partial charge in [-0.05, 0) is 13.0 Å². The highest BCUT2D eigenvalue weighted by Crippen LogP contribution is 2.31. The topological polar surface area (TPSA) is 38.9 Å². The normalized spacial score (nSPS) is 14.1. The average molecular weight is 225 g/mol. The first-order valence-corrected chi connectivity index (χ1v) is 4.18. The summed E-state index contributed by atoms with van der Waals surface area (Å²) in [5.41, 5.74) is 4.79. The lowest BCUT2D eigenvalue weighted by atomic mass is 10.1. The first-order valence-electron chi connectivity index (χ1n) is 3.80. The van der Waals surface area contributed by atoms with Crippen molar-refractivity contribution in [1.29, 1.82) is 0 Å². The number of nitrogens with two attached hydrogens (primary N) is 1. The minimum atomic E-state index is -4.42. The Morgan fingerprint density at radius 3 is 2.50 bits per heavy atom. The zero-order valence-corrected chi connectivity index (χ0v) is 8.02. The van der Waals surface area contributed by atoms with E-state index in [1.807, 2.05) is 0 Å². The fourth-order valence-electron chi connectivity index (χ4n) is 0.939. The van der Waals surface area contributed by atoms with E-state index in [9.17, 15) is 13.2 Å². The highest BCUT2D eigenvalue weighted by atomic mass is 35.5. The number of rotatable bonds is 1. The van der Waals surface area contributed by atoms with E-state index in [4.69, 9.17) is 17.3 Å². The second-order valence-corrected chi connectivity index (χ2v) is 3.25. The van der Waals surface area contributed by atoms with Crippen LogP contribution in [-0.4, -0.2) is 4.98 Å². The molecule has 78 valence electrons. The number of pyridine rings is 1. The Bertz CT molecular complexity index is 336. The molecule has 0 spiro atoms. The standard InChI is InChI=1S/C8H8ClF3N2/c1-4(13)6-2-5(8(10,11)12)3-14-7(6)9/h2-4H,13H2,1H3. The molecule has 1 heterocycles. The molecule has 0 aliphatic carbocycles. The van der Waals surface area contributed by atoms with E-state index in [2.05, 4.69) is 4.98 Å². The monoisotopic (exact) mass is 224 g/mol. The van der Waals surface area contributed by atoms with E-state index in [1.165, 1.54) is 0 Å². The molecule has 0 saturated heterocycles. The van der Waals surface area contributed by atoms with Crippen LogP contribution in [0.2, 0.25) is 5.15 Å². The molecule has 0 aromatic carbocycles. The number of aromatic nitrogens is 1. The molecule has 2 N–H and O–H groups in total. The Morgan fingerprint density at radius 1 is 1.50 bits per heavy atom. The molecular weight excluding hydrogens is 217 g/mol. The van der Waals surface area contributed by atoms with Crippen LogP contribution in [-0.2, 0) is 6.18 Å². The molecule has 1 unspecified atom stereocenters. The smallest absolute Gasteiger partial charge is 0.324 e. The molecule has 0 amide bonds. The van der Waals surface area contributed by atoms with Crippen molar-refractivity contribution in [1.82, 2.24) is 4.98 Å². The second-order valence-electron chi connectivity index (χ2n) is 2.89. The molecule has 14 heavy (non-hydrogen) atoms. The summed E-state index contributed by atoms with van der Waals surface area (Å²) in [6.45, 7) is 1.54. The predicted molar refractivity (Wildman–Crippen MR) is 46.9 cm³/mol. The molecule has 0 aliphatic heterocycles. The summed E-state index contributed by atoms with van der Waals surface area (Å²) in [7, 11) is 0. The SMILES string of the molecule is CC(N)c1cc(C(F)(F)F)cnc1Cl. The van der Waals surface area contributed by atoms with Crippen molar-refractivity contribution in [3.63, 3.8) is 0 Å². The van der Waals surface area contributed by atoms with Crippen molar-refractivity contribution in [2.45, 2.75) is 19.1 Å². The molecule has 0 radical (unpaired) electrons. The summed E-state index contributed by atoms with van der Waals surface area (Å²) in [5, 5.41) is 0.00741. The van der Waals surface area contributed by atoms with Crippen molar-refractivity contribution in [2.75, 3.05) is 0 Å². The molecular formula is C8H8ClF3N2. The Hall–Kier alpha value is -0.810. The first kappa shape index (κ1) is 11.3. The van der Waals surface area contributed by atoms with E-state index < -0.39 is 17.8 Å². The Balaban J connectivity index is 3.20. The van der Waals surface area contributed by atoms with Crippen LogP contribution in [0, 0.1) is 0 Å². The van der Waals surface area contributed by atoms with Crippen molar-refractivity contribution in [2.24, 2.45) is 5.73 Å². The molecule has 0 fully saturated rings. The van der Waals surface area contributed by atoms with Crippen molar-refractivity contribution in [3.05, 3.63) is 28.5 Å². The third-order valence-electron chi connectivity index (χ3n) is 1.68. The number of alkyl halides is 3. The van der Waals surface area contributed by atoms with E-state index in [0.29, 0.717) is 6.20 Å². The van der Waals surface area contributed by atoms with Gasteiger partial charge in [0.2, 0.25) is 0 Å². The minimum absolute atomic E-state index is 0.00741. The van der Waals surface area contributed by atoms with Gasteiger partial charge in [-0.1, -0.05) is 11.6 Å². The van der Waals surface area contributed by atoms with Crippen molar-refractivity contribution < 1.29 is 13.2 Å². The lowest BCUT2D eigenvalue weighted by molar-refractivity contribution is -0.137. The lowest BCUT2D eigenvalue weighted by Crippen LogP contribution is -2.11. The third-order valence-corrected chi connectivity index (χ3v) is 2.00. The maximum absolute atomic E-state index is 12.2. The van der Waals surface area contributed by atoms with Crippen LogP contribution >= 0.6 is 11.6 Å². The van der Waals surface area contributed by atoms with Crippen LogP contribution in [0.5, 0.6) is 0 Å². The zero-order valence-electron chi connectivity index (χ0n) is 7.27. The van der Waals surface area contributed by atoms with Crippen LogP contribution < -0.4 is 5.73 Å². The van der Waals surface area contributed by atoms with Gasteiger partial charge in [0, 0.05) is 17.8 Å². The van der Waals surface area contributed by atoms with E-state index in [-0.39, 0.29) is 10.7 Å². The molecule has 1 atom stereocenters. The molecule has 2 nitrogen and oxygen atoms in total. The number of nitrogens with zero attached hydrogens (tertiary/aromatic N) is 1. The fraction of sp³-hybridized carbons (Fsp3) is 0.375. The van der Waals surface area contributed by atoms with Gasteiger partial charge in [-0.3, -0.25) is 0 Å². The molecule has 0 aliphatic rings. The second kappa shape index (κ2) is 3.74. The Kier molecular flexibility index (Phi) is 3.01. The Morgan fingerprint density at radius 2 is 2.07 bits per heavy atom. The first-order chi connectivity index (χ1) is 6.32. The van der Waals surface area contributed by atoms with Crippen molar-refractivity contribution >= 4 is 11.6 Å². The van der Waals surface area contributed by atoms with E-state index >= 15 is 0 Å². The van der Waals surface area contributed by atoms with Crippen LogP contribution in [0.1, 0.15) is 24.1 Å². The van der Waals surface area contributed by atoms with Crippen LogP contribution in [0.4, 0.5) is 13.2 Å². The maximum Gasteiger partial charge on any atom is 0.417 e. The van der Waals surface area contributed by atoms with Gasteiger partial charge < -0.3 is 5.73 Å². The van der Waals surface area contributed by atoms with Gasteiger partial charge in [-0.15, -0.1) is 0 Å². The summed E-state index contributed by atoms with van der Waals surface area (Å²) < 4.78 is 36.7. The zero-order chi connectivity index (χ0) is 10.9. The van der Waals surface area contributed by atoms with Crippen LogP contribution in [0.25, 0.3) is 0 Å². The third kappa shape index (κ3) is 2.36. The fourth-order valence-corrected chi connectivity index (χ4v) is 1.21. The molecule has 1 aromatic rings. The van der Waals surface area contributed by atoms with Gasteiger partial charge in [0.1, 0.15) is 5.15 Å². The number of hydrogen-bond acceptors (Lipinski definition) is 2. The van der Waals surface area contributed by atoms with Gasteiger partial charge in [-0.25, -0.2) is 4.98 Å². The number of halogens is 4. The summed E-state index contributed by atoms with van der Waals surface area (Å²) in [5.74, 6) is 0. The van der Waals surface area contributed by atoms with Crippen LogP contribution in [0.15, 0.2) is 12.3 Å². The largest absolute Gasteiger partial charge is 0.417 e. The van der Waals surface area contributed by atoms with Gasteiger partial charge in [0.15, 0.2) is 0 Å². The average Bonchev–Trinajstić information content (AvgIpc) is 2.02. The minimum Gasteiger partial charge on any atom is -0.324 e. The van der Waals surface area contributed by atoms with Gasteiger partial charge in [0.25, 0.3) is 0 Å². The summed E-state index contributed by atoms with van der Waals surface area (Å²) in [4.78, 5) is 3.43. The highest BCUT2D eigenvalue weighted by Gasteiger charge is 2.31. The lowest BCUT2D eigenvalue weighted by Gasteiger charge is -2.11. The van der Waals surface area contributed by atoms with Gasteiger partial charge in [-0.2, -0.15) is 13.2 Å². The quantitative estimate of drug-likeness (QED) is 0.745. The summed E-state index contributed by atoms with van der Waals surface area (Å²) in [6, 6.07) is 0.345. The van der Waals surface area contributed by atoms with Gasteiger partial charge in [0.05, 0.1) is 5.56 Å². The number of hydrogen-bond donors (Lipinski definition) is 1. The van der Waals surface area contributed by atoms with Crippen molar-refractivity contribution in [3.8, 4) is 0 Å². The van der Waals surface area contributed by atoms with Crippen LogP contribution in [0.3, 0.4) is 0 Å². The van der Waals surface area contributed by atoms with E-state index in [0.717, 1.165) is 6.07 Å². The predicted octanol–water partition coefficient (Wildman–Crippen LogP) is 2.77. The molecule has 1 aromatic heterocycles. The molecule has 0 saturated carbocycles. The highest BCUT2D eigenvalue weighted by molar-refractivity contribution is 6.30. The Labute approximate surface area is 83.9 Å². The molecule has 6 heteroatoms. The van der Waals surface area contributed by atoms with Gasteiger partial charge >= 0.3 is 6.18 Å².